The molecule has 24 heavy (non-hydrogen) atoms. The molecule has 6 heteroatoms. The van der Waals surface area contributed by atoms with E-state index >= 15 is 0 Å². The summed E-state index contributed by atoms with van der Waals surface area (Å²) in [5.41, 5.74) is 2.93. The largest absolute Gasteiger partial charge is 0.291 e. The number of halogens is 1. The van der Waals surface area contributed by atoms with E-state index < -0.39 is 9.84 Å². The Morgan fingerprint density at radius 1 is 1.21 bits per heavy atom. The molecule has 4 nitrogen and oxygen atoms in total. The zero-order chi connectivity index (χ0) is 17.3. The number of hydrogen-bond acceptors (Lipinski definition) is 4. The Balaban J connectivity index is 2.06. The minimum atomic E-state index is -3.53. The monoisotopic (exact) mass is 407 g/mol. The van der Waals surface area contributed by atoms with Crippen LogP contribution in [0.4, 0.5) is 0 Å². The summed E-state index contributed by atoms with van der Waals surface area (Å²) < 4.78 is 24.7. The molecule has 1 saturated carbocycles. The van der Waals surface area contributed by atoms with Gasteiger partial charge in [0.15, 0.2) is 15.6 Å². The number of ketones is 1. The Bertz CT molecular complexity index is 872. The van der Waals surface area contributed by atoms with Crippen LogP contribution in [0, 0.1) is 0 Å². The van der Waals surface area contributed by atoms with Crippen LogP contribution in [0.1, 0.15) is 41.7 Å². The summed E-state index contributed by atoms with van der Waals surface area (Å²) in [7, 11) is -3.53. The van der Waals surface area contributed by atoms with Crippen molar-refractivity contribution in [2.24, 2.45) is 0 Å². The summed E-state index contributed by atoms with van der Waals surface area (Å²) in [6.45, 7) is 1.56. The van der Waals surface area contributed by atoms with Crippen molar-refractivity contribution in [2.75, 3.05) is 11.1 Å². The van der Waals surface area contributed by atoms with Gasteiger partial charge < -0.3 is 0 Å². The standard InChI is InChI=1S/C18H18BrNO3S/c1-2-24(22,23)17-9-15(11-20-18(17)16(21)10-19)14-7-5-13(6-8-14)12-3-4-12/h5-9,11-12H,2-4,10H2,1H3. The molecule has 0 spiro atoms. The summed E-state index contributed by atoms with van der Waals surface area (Å²) in [6.07, 6.45) is 4.04. The van der Waals surface area contributed by atoms with E-state index in [4.69, 9.17) is 0 Å². The minimum absolute atomic E-state index is 0.00655. The van der Waals surface area contributed by atoms with Gasteiger partial charge in [0.2, 0.25) is 0 Å². The molecule has 3 rings (SSSR count). The zero-order valence-corrected chi connectivity index (χ0v) is 15.7. The lowest BCUT2D eigenvalue weighted by atomic mass is 10.0. The molecule has 0 atom stereocenters. The highest BCUT2D eigenvalue weighted by Crippen LogP contribution is 2.40. The van der Waals surface area contributed by atoms with Crippen LogP contribution in [0.3, 0.4) is 0 Å². The summed E-state index contributed by atoms with van der Waals surface area (Å²) in [6, 6.07) is 9.70. The molecule has 1 aromatic carbocycles. The van der Waals surface area contributed by atoms with E-state index in [2.05, 4.69) is 33.0 Å². The van der Waals surface area contributed by atoms with Crippen LogP contribution in [0.2, 0.25) is 0 Å². The van der Waals surface area contributed by atoms with Gasteiger partial charge >= 0.3 is 0 Å². The predicted octanol–water partition coefficient (Wildman–Crippen LogP) is 4.00. The number of carbonyl (C=O) groups is 1. The SMILES string of the molecule is CCS(=O)(=O)c1cc(-c2ccc(C3CC3)cc2)cnc1C(=O)CBr. The van der Waals surface area contributed by atoms with Crippen molar-refractivity contribution in [3.63, 3.8) is 0 Å². The van der Waals surface area contributed by atoms with E-state index in [1.807, 2.05) is 12.1 Å². The maximum absolute atomic E-state index is 12.4. The van der Waals surface area contributed by atoms with Crippen LogP contribution in [0.5, 0.6) is 0 Å². The second kappa shape index (κ2) is 6.76. The van der Waals surface area contributed by atoms with Gasteiger partial charge in [0.1, 0.15) is 5.69 Å². The fourth-order valence-corrected chi connectivity index (χ4v) is 3.98. The lowest BCUT2D eigenvalue weighted by Crippen LogP contribution is -2.14. The lowest BCUT2D eigenvalue weighted by Gasteiger charge is -2.10. The van der Waals surface area contributed by atoms with Gasteiger partial charge in [-0.2, -0.15) is 0 Å². The van der Waals surface area contributed by atoms with Gasteiger partial charge in [0.25, 0.3) is 0 Å². The summed E-state index contributed by atoms with van der Waals surface area (Å²) in [4.78, 5) is 16.2. The van der Waals surface area contributed by atoms with E-state index in [1.165, 1.54) is 18.4 Å². The van der Waals surface area contributed by atoms with E-state index in [9.17, 15) is 13.2 Å². The smallest absolute Gasteiger partial charge is 0.193 e. The maximum Gasteiger partial charge on any atom is 0.193 e. The second-order valence-corrected chi connectivity index (χ2v) is 8.73. The zero-order valence-electron chi connectivity index (χ0n) is 13.3. The first-order chi connectivity index (χ1) is 11.5. The van der Waals surface area contributed by atoms with Crippen molar-refractivity contribution < 1.29 is 13.2 Å². The molecule has 0 saturated heterocycles. The quantitative estimate of drug-likeness (QED) is 0.536. The molecule has 0 amide bonds. The highest BCUT2D eigenvalue weighted by atomic mass is 79.9. The molecule has 0 radical (unpaired) electrons. The van der Waals surface area contributed by atoms with Gasteiger partial charge in [-0.3, -0.25) is 9.78 Å². The molecule has 1 aliphatic carbocycles. The molecule has 0 aliphatic heterocycles. The van der Waals surface area contributed by atoms with Gasteiger partial charge in [0.05, 0.1) is 16.0 Å². The molecule has 1 heterocycles. The molecular weight excluding hydrogens is 390 g/mol. The first-order valence-electron chi connectivity index (χ1n) is 7.88. The van der Waals surface area contributed by atoms with Crippen LogP contribution in [0.25, 0.3) is 11.1 Å². The number of nitrogens with zero attached hydrogens (tertiary/aromatic N) is 1. The Morgan fingerprint density at radius 3 is 2.42 bits per heavy atom. The fraction of sp³-hybridized carbons (Fsp3) is 0.333. The van der Waals surface area contributed by atoms with Crippen molar-refractivity contribution in [3.8, 4) is 11.1 Å². The average molecular weight is 408 g/mol. The number of hydrogen-bond donors (Lipinski definition) is 0. The van der Waals surface area contributed by atoms with Gasteiger partial charge in [-0.1, -0.05) is 47.1 Å². The van der Waals surface area contributed by atoms with Crippen molar-refractivity contribution in [3.05, 3.63) is 47.8 Å². The predicted molar refractivity (Wildman–Crippen MR) is 97.5 cm³/mol. The van der Waals surface area contributed by atoms with Crippen LogP contribution >= 0.6 is 15.9 Å². The molecule has 0 unspecified atom stereocenters. The minimum Gasteiger partial charge on any atom is -0.291 e. The second-order valence-electron chi connectivity index (χ2n) is 5.93. The highest BCUT2D eigenvalue weighted by Gasteiger charge is 2.24. The molecule has 126 valence electrons. The van der Waals surface area contributed by atoms with E-state index in [-0.39, 0.29) is 27.5 Å². The Labute approximate surface area is 150 Å². The number of benzene rings is 1. The first kappa shape index (κ1) is 17.3. The third kappa shape index (κ3) is 3.44. The number of Topliss-reactive ketones (excluding diaryl/α,β-unsaturated/α-hetero) is 1. The van der Waals surface area contributed by atoms with Gasteiger partial charge in [0, 0.05) is 11.8 Å². The maximum atomic E-state index is 12.4. The molecule has 1 aliphatic rings. The topological polar surface area (TPSA) is 64.1 Å². The van der Waals surface area contributed by atoms with Gasteiger partial charge in [-0.05, 0) is 36.0 Å². The highest BCUT2D eigenvalue weighted by molar-refractivity contribution is 9.09. The summed E-state index contributed by atoms with van der Waals surface area (Å²) in [5.74, 6) is 0.270. The fourth-order valence-electron chi connectivity index (χ4n) is 2.63. The van der Waals surface area contributed by atoms with E-state index in [1.54, 1.807) is 19.2 Å². The summed E-state index contributed by atoms with van der Waals surface area (Å²) in [5, 5.41) is 0.0433. The van der Waals surface area contributed by atoms with E-state index in [0.717, 1.165) is 5.56 Å². The van der Waals surface area contributed by atoms with Crippen LogP contribution < -0.4 is 0 Å². The Kier molecular flexibility index (Phi) is 4.88. The number of alkyl halides is 1. The first-order valence-corrected chi connectivity index (χ1v) is 10.7. The number of pyridine rings is 1. The van der Waals surface area contributed by atoms with Gasteiger partial charge in [-0.25, -0.2) is 8.42 Å². The third-order valence-corrected chi connectivity index (χ3v) is 6.50. The lowest BCUT2D eigenvalue weighted by molar-refractivity contribution is 0.101. The number of sulfone groups is 1. The molecule has 1 aromatic heterocycles. The van der Waals surface area contributed by atoms with Crippen molar-refractivity contribution in [2.45, 2.75) is 30.6 Å². The normalized spacial score (nSPS) is 14.6. The summed E-state index contributed by atoms with van der Waals surface area (Å²) >= 11 is 3.08. The molecular formula is C18H18BrNO3S. The van der Waals surface area contributed by atoms with E-state index in [0.29, 0.717) is 11.5 Å². The number of rotatable bonds is 6. The van der Waals surface area contributed by atoms with Crippen molar-refractivity contribution >= 4 is 31.6 Å². The van der Waals surface area contributed by atoms with Crippen molar-refractivity contribution in [1.29, 1.82) is 0 Å². The van der Waals surface area contributed by atoms with Gasteiger partial charge in [-0.15, -0.1) is 0 Å². The Hall–Kier alpha value is -1.53. The van der Waals surface area contributed by atoms with Crippen LogP contribution in [0.15, 0.2) is 41.4 Å². The molecule has 0 bridgehead atoms. The number of carbonyl (C=O) groups excluding carboxylic acids is 1. The Morgan fingerprint density at radius 2 is 1.88 bits per heavy atom. The molecule has 2 aromatic rings. The third-order valence-electron chi connectivity index (χ3n) is 4.25. The van der Waals surface area contributed by atoms with Crippen molar-refractivity contribution in [1.82, 2.24) is 4.98 Å². The molecule has 0 N–H and O–H groups in total. The molecule has 1 fully saturated rings. The number of aromatic nitrogens is 1. The van der Waals surface area contributed by atoms with Crippen LogP contribution in [-0.4, -0.2) is 30.3 Å². The average Bonchev–Trinajstić information content (AvgIpc) is 3.46. The van der Waals surface area contributed by atoms with Crippen LogP contribution in [-0.2, 0) is 9.84 Å².